The van der Waals surface area contributed by atoms with Crippen molar-refractivity contribution >= 4 is 33.4 Å². The van der Waals surface area contributed by atoms with Gasteiger partial charge in [-0.15, -0.1) is 11.3 Å². The molecule has 0 aliphatic heterocycles. The molecule has 1 atom stereocenters. The van der Waals surface area contributed by atoms with Crippen molar-refractivity contribution in [2.45, 2.75) is 32.5 Å². The second kappa shape index (κ2) is 9.14. The molecular weight excluding hydrogens is 410 g/mol. The summed E-state index contributed by atoms with van der Waals surface area (Å²) in [5.41, 5.74) is 2.90. The van der Waals surface area contributed by atoms with Crippen molar-refractivity contribution in [3.05, 3.63) is 89.2 Å². The van der Waals surface area contributed by atoms with Crippen LogP contribution in [0.4, 0.5) is 0 Å². The van der Waals surface area contributed by atoms with Crippen molar-refractivity contribution in [1.82, 2.24) is 14.9 Å². The summed E-state index contributed by atoms with van der Waals surface area (Å²) in [6.07, 6.45) is 2.06. The number of carbonyl (C=O) groups is 2. The van der Waals surface area contributed by atoms with Gasteiger partial charge in [0, 0.05) is 30.5 Å². The molecule has 3 aromatic heterocycles. The Kier molecular flexibility index (Phi) is 6.13. The molecule has 0 aliphatic rings. The van der Waals surface area contributed by atoms with Gasteiger partial charge in [-0.25, -0.2) is 4.79 Å². The molecule has 31 heavy (non-hydrogen) atoms. The third kappa shape index (κ3) is 4.51. The molecule has 4 rings (SSSR count). The van der Waals surface area contributed by atoms with Crippen molar-refractivity contribution in [3.63, 3.8) is 0 Å². The minimum absolute atomic E-state index is 0.0680. The number of hydrogen-bond donors (Lipinski definition) is 1. The molecule has 158 valence electrons. The van der Waals surface area contributed by atoms with Crippen molar-refractivity contribution in [2.24, 2.45) is 0 Å². The van der Waals surface area contributed by atoms with Crippen LogP contribution in [0.25, 0.3) is 10.2 Å². The van der Waals surface area contributed by atoms with Gasteiger partial charge in [-0.1, -0.05) is 36.4 Å². The van der Waals surface area contributed by atoms with Crippen LogP contribution in [-0.4, -0.2) is 21.4 Å². The molecule has 0 radical (unpaired) electrons. The molecule has 0 saturated carbocycles. The van der Waals surface area contributed by atoms with E-state index in [1.807, 2.05) is 66.3 Å². The van der Waals surface area contributed by atoms with Crippen molar-refractivity contribution < 1.29 is 14.3 Å². The Bertz CT molecular complexity index is 1180. The molecule has 0 bridgehead atoms. The maximum Gasteiger partial charge on any atom is 0.356 e. The summed E-state index contributed by atoms with van der Waals surface area (Å²) in [4.78, 5) is 30.2. The van der Waals surface area contributed by atoms with Crippen LogP contribution in [0.5, 0.6) is 0 Å². The average molecular weight is 434 g/mol. The Labute approximate surface area is 184 Å². The summed E-state index contributed by atoms with van der Waals surface area (Å²) in [7, 11) is 0. The van der Waals surface area contributed by atoms with Crippen molar-refractivity contribution in [3.8, 4) is 0 Å². The zero-order valence-electron chi connectivity index (χ0n) is 17.3. The predicted octanol–water partition coefficient (Wildman–Crippen LogP) is 4.89. The molecule has 1 N–H and O–H groups in total. The molecule has 0 saturated heterocycles. The Morgan fingerprint density at radius 2 is 1.94 bits per heavy atom. The lowest BCUT2D eigenvalue weighted by Crippen LogP contribution is -2.32. The lowest BCUT2D eigenvalue weighted by molar-refractivity contribution is -0.130. The van der Waals surface area contributed by atoms with E-state index in [0.717, 1.165) is 15.8 Å². The number of esters is 1. The van der Waals surface area contributed by atoms with Crippen LogP contribution in [0.1, 0.15) is 47.6 Å². The SMILES string of the molecule is CC(C)n1c(C(=O)OC(C(=O)NCc2ccccc2)c2cccnc2)cc2sccc21. The maximum atomic E-state index is 13.2. The van der Waals surface area contributed by atoms with Gasteiger partial charge in [0.05, 0.1) is 10.2 Å². The number of rotatable bonds is 7. The van der Waals surface area contributed by atoms with Gasteiger partial charge in [0.2, 0.25) is 6.10 Å². The highest BCUT2D eigenvalue weighted by Crippen LogP contribution is 2.30. The van der Waals surface area contributed by atoms with Gasteiger partial charge >= 0.3 is 5.97 Å². The van der Waals surface area contributed by atoms with Gasteiger partial charge in [0.15, 0.2) is 0 Å². The topological polar surface area (TPSA) is 73.2 Å². The standard InChI is InChI=1S/C24H23N3O3S/c1-16(2)27-19-10-12-31-21(19)13-20(27)24(29)30-22(18-9-6-11-25-15-18)23(28)26-14-17-7-4-3-5-8-17/h3-13,15-16,22H,14H2,1-2H3,(H,26,28). The first-order valence-corrected chi connectivity index (χ1v) is 10.9. The van der Waals surface area contributed by atoms with E-state index in [1.165, 1.54) is 0 Å². The number of nitrogens with zero attached hydrogens (tertiary/aromatic N) is 2. The molecule has 0 fully saturated rings. The van der Waals surface area contributed by atoms with Crippen LogP contribution in [0.3, 0.4) is 0 Å². The van der Waals surface area contributed by atoms with Crippen molar-refractivity contribution in [1.29, 1.82) is 0 Å². The smallest absolute Gasteiger partial charge is 0.356 e. The molecule has 7 heteroatoms. The fourth-order valence-electron chi connectivity index (χ4n) is 3.51. The van der Waals surface area contributed by atoms with E-state index < -0.39 is 18.0 Å². The number of ether oxygens (including phenoxy) is 1. The van der Waals surface area contributed by atoms with E-state index >= 15 is 0 Å². The summed E-state index contributed by atoms with van der Waals surface area (Å²) in [5, 5.41) is 4.86. The molecule has 1 unspecified atom stereocenters. The quantitative estimate of drug-likeness (QED) is 0.421. The lowest BCUT2D eigenvalue weighted by atomic mass is 10.1. The zero-order valence-corrected chi connectivity index (χ0v) is 18.1. The molecule has 0 aliphatic carbocycles. The molecule has 4 aromatic rings. The predicted molar refractivity (Wildman–Crippen MR) is 121 cm³/mol. The fraction of sp³-hybridized carbons (Fsp3) is 0.208. The van der Waals surface area contributed by atoms with E-state index in [4.69, 9.17) is 4.74 Å². The number of hydrogen-bond acceptors (Lipinski definition) is 5. The zero-order chi connectivity index (χ0) is 21.8. The van der Waals surface area contributed by atoms with E-state index in [2.05, 4.69) is 10.3 Å². The second-order valence-electron chi connectivity index (χ2n) is 7.44. The molecular formula is C24H23N3O3S. The van der Waals surface area contributed by atoms with Gasteiger partial charge in [-0.2, -0.15) is 0 Å². The third-order valence-electron chi connectivity index (χ3n) is 4.95. The van der Waals surface area contributed by atoms with Gasteiger partial charge in [0.1, 0.15) is 5.69 Å². The normalized spacial score (nSPS) is 12.1. The molecule has 3 heterocycles. The highest BCUT2D eigenvalue weighted by molar-refractivity contribution is 7.17. The first kappa shape index (κ1) is 20.8. The molecule has 6 nitrogen and oxygen atoms in total. The van der Waals surface area contributed by atoms with E-state index in [0.29, 0.717) is 17.8 Å². The number of fused-ring (bicyclic) bond motifs is 1. The fourth-order valence-corrected chi connectivity index (χ4v) is 4.32. The van der Waals surface area contributed by atoms with Gasteiger partial charge in [-0.05, 0) is 43.0 Å². The van der Waals surface area contributed by atoms with Gasteiger partial charge < -0.3 is 14.6 Å². The number of pyridine rings is 1. The van der Waals surface area contributed by atoms with E-state index in [1.54, 1.807) is 35.9 Å². The van der Waals surface area contributed by atoms with Crippen LogP contribution in [0, 0.1) is 0 Å². The number of nitrogens with one attached hydrogen (secondary N) is 1. The minimum Gasteiger partial charge on any atom is -0.443 e. The minimum atomic E-state index is -1.10. The number of amides is 1. The Balaban J connectivity index is 1.59. The van der Waals surface area contributed by atoms with Crippen LogP contribution >= 0.6 is 11.3 Å². The Morgan fingerprint density at radius 1 is 1.13 bits per heavy atom. The number of thiophene rings is 1. The number of aromatic nitrogens is 2. The maximum absolute atomic E-state index is 13.2. The van der Waals surface area contributed by atoms with Crippen molar-refractivity contribution in [2.75, 3.05) is 0 Å². The molecule has 1 amide bonds. The summed E-state index contributed by atoms with van der Waals surface area (Å²) in [6.45, 7) is 4.37. The average Bonchev–Trinajstić information content (AvgIpc) is 3.38. The first-order valence-electron chi connectivity index (χ1n) is 10.1. The molecule has 0 spiro atoms. The highest BCUT2D eigenvalue weighted by atomic mass is 32.1. The van der Waals surface area contributed by atoms with Crippen LogP contribution in [-0.2, 0) is 16.1 Å². The first-order chi connectivity index (χ1) is 15.0. The van der Waals surface area contributed by atoms with Gasteiger partial charge in [-0.3, -0.25) is 9.78 Å². The van der Waals surface area contributed by atoms with Crippen LogP contribution in [0.2, 0.25) is 0 Å². The van der Waals surface area contributed by atoms with E-state index in [-0.39, 0.29) is 6.04 Å². The number of benzene rings is 1. The Morgan fingerprint density at radius 3 is 2.65 bits per heavy atom. The summed E-state index contributed by atoms with van der Waals surface area (Å²) in [5.74, 6) is -0.935. The molecule has 1 aromatic carbocycles. The largest absolute Gasteiger partial charge is 0.443 e. The summed E-state index contributed by atoms with van der Waals surface area (Å²) >= 11 is 1.57. The lowest BCUT2D eigenvalue weighted by Gasteiger charge is -2.19. The second-order valence-corrected chi connectivity index (χ2v) is 8.39. The number of carbonyl (C=O) groups excluding carboxylic acids is 2. The van der Waals surface area contributed by atoms with E-state index in [9.17, 15) is 9.59 Å². The monoisotopic (exact) mass is 433 g/mol. The Hall–Kier alpha value is -3.45. The third-order valence-corrected chi connectivity index (χ3v) is 5.80. The van der Waals surface area contributed by atoms with Crippen LogP contribution in [0.15, 0.2) is 72.4 Å². The summed E-state index contributed by atoms with van der Waals surface area (Å²) < 4.78 is 8.70. The summed E-state index contributed by atoms with van der Waals surface area (Å²) in [6, 6.07) is 16.9. The highest BCUT2D eigenvalue weighted by Gasteiger charge is 2.28. The van der Waals surface area contributed by atoms with Gasteiger partial charge in [0.25, 0.3) is 5.91 Å². The van der Waals surface area contributed by atoms with Crippen LogP contribution < -0.4 is 5.32 Å².